The minimum Gasteiger partial charge on any atom is -0.396 e. The molecule has 0 aliphatic heterocycles. The highest BCUT2D eigenvalue weighted by atomic mass is 35.5. The first-order valence-electron chi connectivity index (χ1n) is 4.23. The maximum absolute atomic E-state index is 11.5. The lowest BCUT2D eigenvalue weighted by Gasteiger charge is -2.26. The van der Waals surface area contributed by atoms with Gasteiger partial charge in [-0.2, -0.15) is 5.10 Å². The van der Waals surface area contributed by atoms with E-state index in [2.05, 4.69) is 5.10 Å². The molecule has 0 bridgehead atoms. The molecule has 0 amide bonds. The van der Waals surface area contributed by atoms with Crippen LogP contribution in [0.2, 0.25) is 5.02 Å². The van der Waals surface area contributed by atoms with E-state index < -0.39 is 0 Å². The molecule has 70 valence electrons. The monoisotopic (exact) mass is 199 g/mol. The first-order chi connectivity index (χ1) is 6.20. The van der Waals surface area contributed by atoms with Gasteiger partial charge in [-0.25, -0.2) is 4.68 Å². The van der Waals surface area contributed by atoms with E-state index in [9.17, 15) is 4.79 Å². The molecule has 0 unspecified atom stereocenters. The molecule has 1 aromatic heterocycles. The number of rotatable bonds is 1. The summed E-state index contributed by atoms with van der Waals surface area (Å²) in [6.45, 7) is 0. The van der Waals surface area contributed by atoms with E-state index >= 15 is 0 Å². The first-order valence-corrected chi connectivity index (χ1v) is 4.60. The maximum atomic E-state index is 11.5. The summed E-state index contributed by atoms with van der Waals surface area (Å²) >= 11 is 5.71. The molecular weight excluding hydrogens is 190 g/mol. The van der Waals surface area contributed by atoms with Crippen molar-refractivity contribution in [2.75, 3.05) is 5.73 Å². The van der Waals surface area contributed by atoms with Crippen LogP contribution in [0, 0.1) is 0 Å². The first kappa shape index (κ1) is 8.56. The van der Waals surface area contributed by atoms with Gasteiger partial charge in [-0.05, 0) is 19.3 Å². The molecule has 0 saturated heterocycles. The minimum atomic E-state index is -0.272. The van der Waals surface area contributed by atoms with Crippen molar-refractivity contribution in [3.05, 3.63) is 21.6 Å². The molecule has 5 heteroatoms. The lowest BCUT2D eigenvalue weighted by atomic mass is 9.93. The highest BCUT2D eigenvalue weighted by molar-refractivity contribution is 6.32. The van der Waals surface area contributed by atoms with E-state index in [0.29, 0.717) is 0 Å². The normalized spacial score (nSPS) is 17.0. The molecule has 1 aromatic rings. The molecule has 13 heavy (non-hydrogen) atoms. The van der Waals surface area contributed by atoms with Crippen LogP contribution in [0.4, 0.5) is 5.69 Å². The Morgan fingerprint density at radius 3 is 2.85 bits per heavy atom. The summed E-state index contributed by atoms with van der Waals surface area (Å²) < 4.78 is 1.43. The van der Waals surface area contributed by atoms with Crippen molar-refractivity contribution < 1.29 is 0 Å². The largest absolute Gasteiger partial charge is 0.396 e. The molecule has 1 aliphatic carbocycles. The molecule has 1 aliphatic rings. The van der Waals surface area contributed by atoms with Crippen LogP contribution in [0.15, 0.2) is 11.0 Å². The Labute approximate surface area is 80.3 Å². The van der Waals surface area contributed by atoms with Crippen molar-refractivity contribution in [2.45, 2.75) is 25.3 Å². The SMILES string of the molecule is Nc1cnn(C2CCC2)c(=O)c1Cl. The van der Waals surface area contributed by atoms with Gasteiger partial charge in [0.2, 0.25) is 0 Å². The van der Waals surface area contributed by atoms with Crippen LogP contribution in [-0.2, 0) is 0 Å². The molecule has 0 aromatic carbocycles. The van der Waals surface area contributed by atoms with Crippen LogP contribution in [0.25, 0.3) is 0 Å². The predicted molar refractivity (Wildman–Crippen MR) is 50.8 cm³/mol. The number of hydrogen-bond donors (Lipinski definition) is 1. The Morgan fingerprint density at radius 2 is 2.31 bits per heavy atom. The summed E-state index contributed by atoms with van der Waals surface area (Å²) in [6, 6.07) is 0.227. The topological polar surface area (TPSA) is 60.9 Å². The average molecular weight is 200 g/mol. The zero-order valence-corrected chi connectivity index (χ0v) is 7.79. The van der Waals surface area contributed by atoms with E-state index in [4.69, 9.17) is 17.3 Å². The lowest BCUT2D eigenvalue weighted by molar-refractivity contribution is 0.279. The van der Waals surface area contributed by atoms with Crippen LogP contribution < -0.4 is 11.3 Å². The van der Waals surface area contributed by atoms with Gasteiger partial charge in [0.15, 0.2) is 0 Å². The quantitative estimate of drug-likeness (QED) is 0.740. The number of halogens is 1. The lowest BCUT2D eigenvalue weighted by Crippen LogP contribution is -2.31. The minimum absolute atomic E-state index is 0.0851. The van der Waals surface area contributed by atoms with Crippen LogP contribution in [0.5, 0.6) is 0 Å². The van der Waals surface area contributed by atoms with Gasteiger partial charge in [-0.1, -0.05) is 11.6 Å². The van der Waals surface area contributed by atoms with Crippen molar-refractivity contribution >= 4 is 17.3 Å². The Kier molecular flexibility index (Phi) is 2.00. The highest BCUT2D eigenvalue weighted by Crippen LogP contribution is 2.29. The molecule has 0 atom stereocenters. The van der Waals surface area contributed by atoms with E-state index in [-0.39, 0.29) is 22.3 Å². The summed E-state index contributed by atoms with van der Waals surface area (Å²) in [5, 5.41) is 4.04. The summed E-state index contributed by atoms with van der Waals surface area (Å²) in [7, 11) is 0. The second-order valence-electron chi connectivity index (χ2n) is 3.25. The van der Waals surface area contributed by atoms with E-state index in [0.717, 1.165) is 19.3 Å². The Morgan fingerprint density at radius 1 is 1.62 bits per heavy atom. The van der Waals surface area contributed by atoms with Gasteiger partial charge in [0.05, 0.1) is 17.9 Å². The average Bonchev–Trinajstić information content (AvgIpc) is 2.03. The molecule has 1 heterocycles. The van der Waals surface area contributed by atoms with Gasteiger partial charge in [-0.3, -0.25) is 4.79 Å². The van der Waals surface area contributed by atoms with Gasteiger partial charge >= 0.3 is 0 Å². The second-order valence-corrected chi connectivity index (χ2v) is 3.63. The fourth-order valence-corrected chi connectivity index (χ4v) is 1.48. The van der Waals surface area contributed by atoms with E-state index in [1.807, 2.05) is 0 Å². The molecular formula is C8H10ClN3O. The van der Waals surface area contributed by atoms with Crippen LogP contribution in [0.1, 0.15) is 25.3 Å². The van der Waals surface area contributed by atoms with Gasteiger partial charge in [0.25, 0.3) is 5.56 Å². The summed E-state index contributed by atoms with van der Waals surface area (Å²) in [6.07, 6.45) is 4.60. The Balaban J connectivity index is 2.47. The summed E-state index contributed by atoms with van der Waals surface area (Å²) in [5.74, 6) is 0. The molecule has 2 N–H and O–H groups in total. The number of aromatic nitrogens is 2. The van der Waals surface area contributed by atoms with Crippen molar-refractivity contribution in [1.29, 1.82) is 0 Å². The van der Waals surface area contributed by atoms with Gasteiger partial charge in [0.1, 0.15) is 5.02 Å². The fourth-order valence-electron chi connectivity index (χ4n) is 1.35. The summed E-state index contributed by atoms with van der Waals surface area (Å²) in [5.41, 5.74) is 5.42. The van der Waals surface area contributed by atoms with Crippen LogP contribution in [-0.4, -0.2) is 9.78 Å². The van der Waals surface area contributed by atoms with Gasteiger partial charge in [-0.15, -0.1) is 0 Å². The Hall–Kier alpha value is -1.03. The smallest absolute Gasteiger partial charge is 0.287 e. The van der Waals surface area contributed by atoms with Crippen LogP contribution >= 0.6 is 11.6 Å². The zero-order valence-electron chi connectivity index (χ0n) is 7.03. The molecule has 1 saturated carbocycles. The molecule has 4 nitrogen and oxygen atoms in total. The van der Waals surface area contributed by atoms with E-state index in [1.165, 1.54) is 10.9 Å². The number of anilines is 1. The van der Waals surface area contributed by atoms with Crippen LogP contribution in [0.3, 0.4) is 0 Å². The highest BCUT2D eigenvalue weighted by Gasteiger charge is 2.22. The third-order valence-electron chi connectivity index (χ3n) is 2.39. The third-order valence-corrected chi connectivity index (χ3v) is 2.77. The van der Waals surface area contributed by atoms with Crippen molar-refractivity contribution in [3.8, 4) is 0 Å². The number of nitrogens with two attached hydrogens (primary N) is 1. The third kappa shape index (κ3) is 1.31. The summed E-state index contributed by atoms with van der Waals surface area (Å²) in [4.78, 5) is 11.5. The standard InChI is InChI=1S/C8H10ClN3O/c9-7-6(10)4-11-12(8(7)13)5-2-1-3-5/h4-5H,1-3,10H2. The van der Waals surface area contributed by atoms with Crippen molar-refractivity contribution in [2.24, 2.45) is 0 Å². The zero-order chi connectivity index (χ0) is 9.42. The molecule has 0 spiro atoms. The van der Waals surface area contributed by atoms with Gasteiger partial charge in [0, 0.05) is 0 Å². The van der Waals surface area contributed by atoms with Crippen molar-refractivity contribution in [1.82, 2.24) is 9.78 Å². The fraction of sp³-hybridized carbons (Fsp3) is 0.500. The maximum Gasteiger partial charge on any atom is 0.287 e. The molecule has 1 fully saturated rings. The predicted octanol–water partition coefficient (Wildman–Crippen LogP) is 1.20. The number of nitrogen functional groups attached to an aromatic ring is 1. The molecule has 2 rings (SSSR count). The molecule has 0 radical (unpaired) electrons. The van der Waals surface area contributed by atoms with E-state index in [1.54, 1.807) is 0 Å². The number of hydrogen-bond acceptors (Lipinski definition) is 3. The number of nitrogens with zero attached hydrogens (tertiary/aromatic N) is 2. The van der Waals surface area contributed by atoms with Crippen molar-refractivity contribution in [3.63, 3.8) is 0 Å². The van der Waals surface area contributed by atoms with Gasteiger partial charge < -0.3 is 5.73 Å². The Bertz CT molecular complexity index is 383. The second kappa shape index (κ2) is 3.03.